The molecule has 0 atom stereocenters. The van der Waals surface area contributed by atoms with E-state index in [4.69, 9.17) is 16.3 Å². The van der Waals surface area contributed by atoms with Crippen molar-refractivity contribution in [3.8, 4) is 5.75 Å². The molecule has 2 aromatic carbocycles. The number of carbonyl (C=O) groups is 1. The highest BCUT2D eigenvalue weighted by Gasteiger charge is 2.04. The fourth-order valence-corrected chi connectivity index (χ4v) is 2.15. The van der Waals surface area contributed by atoms with Crippen LogP contribution in [0.5, 0.6) is 5.75 Å². The molecule has 0 saturated heterocycles. The first-order chi connectivity index (χ1) is 10.6. The summed E-state index contributed by atoms with van der Waals surface area (Å²) in [5.74, 6) is 0.562. The Bertz CT molecular complexity index is 699. The van der Waals surface area contributed by atoms with E-state index < -0.39 is 0 Å². The van der Waals surface area contributed by atoms with E-state index in [1.807, 2.05) is 37.3 Å². The van der Waals surface area contributed by atoms with Crippen molar-refractivity contribution < 1.29 is 9.53 Å². The second-order valence-corrected chi connectivity index (χ2v) is 5.04. The summed E-state index contributed by atoms with van der Waals surface area (Å²) in [6, 6.07) is 12.6. The van der Waals surface area contributed by atoms with Gasteiger partial charge in [-0.15, -0.1) is 0 Å². The molecule has 0 aliphatic rings. The third-order valence-corrected chi connectivity index (χ3v) is 3.37. The number of aryl methyl sites for hydroxylation is 1. The number of rotatable bonds is 4. The van der Waals surface area contributed by atoms with E-state index in [9.17, 15) is 4.79 Å². The van der Waals surface area contributed by atoms with Crippen LogP contribution in [0, 0.1) is 6.92 Å². The monoisotopic (exact) mass is 316 g/mol. The number of hydrogen-bond donors (Lipinski definition) is 2. The van der Waals surface area contributed by atoms with Crippen LogP contribution in [0.1, 0.15) is 11.1 Å². The molecule has 22 heavy (non-hydrogen) atoms. The van der Waals surface area contributed by atoms with Gasteiger partial charge in [0.25, 0.3) is 0 Å². The summed E-state index contributed by atoms with van der Waals surface area (Å²) >= 11 is 6.00. The van der Waals surface area contributed by atoms with Crippen molar-refractivity contribution in [2.24, 2.45) is 0 Å². The first-order valence-corrected chi connectivity index (χ1v) is 7.11. The number of benzene rings is 2. The number of ether oxygens (including phenoxy) is 1. The molecule has 0 heterocycles. The standard InChI is InChI=1S/C17H17ClN2O2/c1-12-5-3-4-6-13(12)9-10-19-17(21)20-14-7-8-16(22-2)15(18)11-14/h3-11H,1-2H3,(H2,19,20,21)/b10-9+. The lowest BCUT2D eigenvalue weighted by Crippen LogP contribution is -2.23. The van der Waals surface area contributed by atoms with Crippen molar-refractivity contribution in [1.29, 1.82) is 0 Å². The van der Waals surface area contributed by atoms with Crippen LogP contribution in [0.25, 0.3) is 6.08 Å². The van der Waals surface area contributed by atoms with E-state index in [0.29, 0.717) is 16.5 Å². The molecular formula is C17H17ClN2O2. The molecular weight excluding hydrogens is 300 g/mol. The first-order valence-electron chi connectivity index (χ1n) is 6.73. The Morgan fingerprint density at radius 2 is 2.00 bits per heavy atom. The quantitative estimate of drug-likeness (QED) is 0.875. The second-order valence-electron chi connectivity index (χ2n) is 4.64. The summed E-state index contributed by atoms with van der Waals surface area (Å²) in [6.07, 6.45) is 3.44. The number of anilines is 1. The average Bonchev–Trinajstić information content (AvgIpc) is 2.49. The van der Waals surface area contributed by atoms with Crippen LogP contribution < -0.4 is 15.4 Å². The molecule has 2 N–H and O–H groups in total. The van der Waals surface area contributed by atoms with Crippen LogP contribution in [0.15, 0.2) is 48.7 Å². The van der Waals surface area contributed by atoms with Gasteiger partial charge in [-0.1, -0.05) is 35.9 Å². The second kappa shape index (κ2) is 7.52. The fourth-order valence-electron chi connectivity index (χ4n) is 1.89. The lowest BCUT2D eigenvalue weighted by molar-refractivity contribution is 0.255. The van der Waals surface area contributed by atoms with Crippen LogP contribution in [0.3, 0.4) is 0 Å². The van der Waals surface area contributed by atoms with Crippen molar-refractivity contribution in [2.75, 3.05) is 12.4 Å². The molecule has 0 aromatic heterocycles. The molecule has 0 spiro atoms. The van der Waals surface area contributed by atoms with Gasteiger partial charge in [0.2, 0.25) is 0 Å². The minimum Gasteiger partial charge on any atom is -0.495 e. The van der Waals surface area contributed by atoms with Gasteiger partial charge in [-0.25, -0.2) is 4.79 Å². The highest BCUT2D eigenvalue weighted by atomic mass is 35.5. The summed E-state index contributed by atoms with van der Waals surface area (Å²) in [6.45, 7) is 2.01. The number of methoxy groups -OCH3 is 1. The van der Waals surface area contributed by atoms with E-state index >= 15 is 0 Å². The molecule has 0 saturated carbocycles. The predicted octanol–water partition coefficient (Wildman–Crippen LogP) is 4.45. The van der Waals surface area contributed by atoms with E-state index in [2.05, 4.69) is 10.6 Å². The van der Waals surface area contributed by atoms with Crippen molar-refractivity contribution in [1.82, 2.24) is 5.32 Å². The maximum atomic E-state index is 11.8. The molecule has 4 nitrogen and oxygen atoms in total. The van der Waals surface area contributed by atoms with Gasteiger partial charge >= 0.3 is 6.03 Å². The third kappa shape index (κ3) is 4.27. The predicted molar refractivity (Wildman–Crippen MR) is 90.4 cm³/mol. The summed E-state index contributed by atoms with van der Waals surface area (Å²) in [7, 11) is 1.54. The summed E-state index contributed by atoms with van der Waals surface area (Å²) in [5.41, 5.74) is 2.78. The zero-order valence-corrected chi connectivity index (χ0v) is 13.1. The average molecular weight is 317 g/mol. The zero-order valence-electron chi connectivity index (χ0n) is 12.4. The Morgan fingerprint density at radius 3 is 2.68 bits per heavy atom. The Kier molecular flexibility index (Phi) is 5.44. The van der Waals surface area contributed by atoms with Gasteiger partial charge in [-0.2, -0.15) is 0 Å². The largest absolute Gasteiger partial charge is 0.495 e. The third-order valence-electron chi connectivity index (χ3n) is 3.08. The molecule has 5 heteroatoms. The van der Waals surface area contributed by atoms with Gasteiger partial charge in [0.1, 0.15) is 5.75 Å². The fraction of sp³-hybridized carbons (Fsp3) is 0.118. The van der Waals surface area contributed by atoms with Gasteiger partial charge in [0.15, 0.2) is 0 Å². The van der Waals surface area contributed by atoms with Crippen LogP contribution >= 0.6 is 11.6 Å². The summed E-state index contributed by atoms with van der Waals surface area (Å²) in [4.78, 5) is 11.8. The van der Waals surface area contributed by atoms with Crippen LogP contribution in [-0.4, -0.2) is 13.1 Å². The van der Waals surface area contributed by atoms with Crippen LogP contribution in [-0.2, 0) is 0 Å². The van der Waals surface area contributed by atoms with Gasteiger partial charge in [-0.3, -0.25) is 0 Å². The number of amides is 2. The molecule has 0 radical (unpaired) electrons. The van der Waals surface area contributed by atoms with Gasteiger partial charge in [-0.05, 0) is 42.3 Å². The molecule has 114 valence electrons. The number of halogens is 1. The molecule has 0 unspecified atom stereocenters. The topological polar surface area (TPSA) is 50.4 Å². The van der Waals surface area contributed by atoms with E-state index in [1.165, 1.54) is 7.11 Å². The molecule has 2 rings (SSSR count). The number of nitrogens with one attached hydrogen (secondary N) is 2. The maximum Gasteiger partial charge on any atom is 0.323 e. The zero-order chi connectivity index (χ0) is 15.9. The smallest absolute Gasteiger partial charge is 0.323 e. The Hall–Kier alpha value is -2.46. The highest BCUT2D eigenvalue weighted by Crippen LogP contribution is 2.27. The van der Waals surface area contributed by atoms with Gasteiger partial charge in [0.05, 0.1) is 12.1 Å². The minimum atomic E-state index is -0.342. The van der Waals surface area contributed by atoms with E-state index in [-0.39, 0.29) is 6.03 Å². The molecule has 2 aromatic rings. The van der Waals surface area contributed by atoms with Crippen molar-refractivity contribution in [3.05, 3.63) is 64.8 Å². The van der Waals surface area contributed by atoms with Crippen LogP contribution in [0.2, 0.25) is 5.02 Å². The Morgan fingerprint density at radius 1 is 1.23 bits per heavy atom. The number of urea groups is 1. The van der Waals surface area contributed by atoms with Gasteiger partial charge in [0, 0.05) is 11.9 Å². The number of carbonyl (C=O) groups excluding carboxylic acids is 1. The molecule has 0 aliphatic heterocycles. The van der Waals surface area contributed by atoms with E-state index in [1.54, 1.807) is 24.4 Å². The normalized spacial score (nSPS) is 10.5. The number of hydrogen-bond acceptors (Lipinski definition) is 2. The highest BCUT2D eigenvalue weighted by molar-refractivity contribution is 6.32. The lowest BCUT2D eigenvalue weighted by atomic mass is 10.1. The van der Waals surface area contributed by atoms with Crippen LogP contribution in [0.4, 0.5) is 10.5 Å². The molecule has 2 amide bonds. The summed E-state index contributed by atoms with van der Waals surface area (Å²) in [5, 5.41) is 5.78. The molecule has 0 fully saturated rings. The molecule has 0 aliphatic carbocycles. The summed E-state index contributed by atoms with van der Waals surface area (Å²) < 4.78 is 5.06. The van der Waals surface area contributed by atoms with Gasteiger partial charge < -0.3 is 15.4 Å². The Labute approximate surface area is 134 Å². The molecule has 0 bridgehead atoms. The first kappa shape index (κ1) is 15.9. The van der Waals surface area contributed by atoms with E-state index in [0.717, 1.165) is 11.1 Å². The minimum absolute atomic E-state index is 0.342. The van der Waals surface area contributed by atoms with Crippen molar-refractivity contribution in [2.45, 2.75) is 6.92 Å². The SMILES string of the molecule is COc1ccc(NC(=O)N/C=C/c2ccccc2C)cc1Cl. The maximum absolute atomic E-state index is 11.8. The Balaban J connectivity index is 1.93. The van der Waals surface area contributed by atoms with Crippen molar-refractivity contribution >= 4 is 29.4 Å². The lowest BCUT2D eigenvalue weighted by Gasteiger charge is -2.07. The van der Waals surface area contributed by atoms with Crippen molar-refractivity contribution in [3.63, 3.8) is 0 Å².